The second kappa shape index (κ2) is 6.25. The molecule has 0 aliphatic carbocycles. The van der Waals surface area contributed by atoms with E-state index in [1.54, 1.807) is 19.9 Å². The molecule has 0 aromatic heterocycles. The van der Waals surface area contributed by atoms with Crippen LogP contribution in [0.4, 0.5) is 4.39 Å². The molecule has 23 heavy (non-hydrogen) atoms. The Bertz CT molecular complexity index is 584. The van der Waals surface area contributed by atoms with Gasteiger partial charge < -0.3 is 14.0 Å². The van der Waals surface area contributed by atoms with Crippen LogP contribution < -0.4 is 5.46 Å². The fraction of sp³-hybridized carbons (Fsp3) is 0.588. The standard InChI is InChI=1S/C17H24BFO4/c1-7-21-15(20)11(2)13-10-12(19)8-9-14(13)18-22-16(3,4)17(5,6)23-18/h8-11H,7H2,1-6H3. The number of carbonyl (C=O) groups excluding carboxylic acids is 1. The third-order valence-corrected chi connectivity index (χ3v) is 4.66. The van der Waals surface area contributed by atoms with Gasteiger partial charge in [0.05, 0.1) is 23.7 Å². The van der Waals surface area contributed by atoms with Crippen LogP contribution in [-0.4, -0.2) is 30.9 Å². The van der Waals surface area contributed by atoms with Crippen molar-refractivity contribution in [2.45, 2.75) is 58.7 Å². The second-order valence-corrected chi connectivity index (χ2v) is 6.84. The van der Waals surface area contributed by atoms with Gasteiger partial charge in [-0.25, -0.2) is 4.39 Å². The zero-order chi connectivity index (χ0) is 17.4. The van der Waals surface area contributed by atoms with Crippen molar-refractivity contribution < 1.29 is 23.2 Å². The Kier molecular flexibility index (Phi) is 4.88. The molecule has 0 saturated carbocycles. The summed E-state index contributed by atoms with van der Waals surface area (Å²) in [5.41, 5.74) is 0.181. The number of hydrogen-bond acceptors (Lipinski definition) is 4. The summed E-state index contributed by atoms with van der Waals surface area (Å²) in [6, 6.07) is 4.31. The van der Waals surface area contributed by atoms with E-state index in [0.29, 0.717) is 11.0 Å². The van der Waals surface area contributed by atoms with Gasteiger partial charge in [-0.3, -0.25) is 4.79 Å². The number of halogens is 1. The Morgan fingerprint density at radius 3 is 2.35 bits per heavy atom. The number of benzene rings is 1. The van der Waals surface area contributed by atoms with Gasteiger partial charge in [-0.05, 0) is 64.7 Å². The lowest BCUT2D eigenvalue weighted by molar-refractivity contribution is -0.144. The molecule has 2 rings (SSSR count). The van der Waals surface area contributed by atoms with Gasteiger partial charge in [0.25, 0.3) is 0 Å². The number of ether oxygens (including phenoxy) is 1. The van der Waals surface area contributed by atoms with Crippen molar-refractivity contribution >= 4 is 18.6 Å². The third-order valence-electron chi connectivity index (χ3n) is 4.66. The van der Waals surface area contributed by atoms with Gasteiger partial charge in [0.15, 0.2) is 0 Å². The minimum absolute atomic E-state index is 0.282. The molecule has 0 radical (unpaired) electrons. The summed E-state index contributed by atoms with van der Waals surface area (Å²) in [6.45, 7) is 11.5. The first-order chi connectivity index (χ1) is 10.6. The van der Waals surface area contributed by atoms with Crippen LogP contribution in [0.25, 0.3) is 0 Å². The zero-order valence-corrected chi connectivity index (χ0v) is 14.6. The maximum Gasteiger partial charge on any atom is 0.495 e. The highest BCUT2D eigenvalue weighted by Gasteiger charge is 2.52. The van der Waals surface area contributed by atoms with Crippen LogP contribution in [-0.2, 0) is 18.8 Å². The molecular formula is C17H24BFO4. The average molecular weight is 322 g/mol. The molecule has 1 saturated heterocycles. The molecule has 1 atom stereocenters. The minimum atomic E-state index is -0.646. The van der Waals surface area contributed by atoms with E-state index in [-0.39, 0.29) is 6.61 Å². The third kappa shape index (κ3) is 3.43. The first kappa shape index (κ1) is 18.0. The molecular weight excluding hydrogens is 298 g/mol. The molecule has 1 aliphatic heterocycles. The van der Waals surface area contributed by atoms with Gasteiger partial charge in [-0.2, -0.15) is 0 Å². The van der Waals surface area contributed by atoms with E-state index in [2.05, 4.69) is 0 Å². The smallest absolute Gasteiger partial charge is 0.466 e. The van der Waals surface area contributed by atoms with E-state index < -0.39 is 36.0 Å². The Hall–Kier alpha value is -1.40. The lowest BCUT2D eigenvalue weighted by Crippen LogP contribution is -2.41. The van der Waals surface area contributed by atoms with Crippen LogP contribution in [0.5, 0.6) is 0 Å². The first-order valence-electron chi connectivity index (χ1n) is 7.90. The van der Waals surface area contributed by atoms with Gasteiger partial charge in [-0.15, -0.1) is 0 Å². The lowest BCUT2D eigenvalue weighted by Gasteiger charge is -2.32. The summed E-state index contributed by atoms with van der Waals surface area (Å²) in [4.78, 5) is 12.1. The molecule has 6 heteroatoms. The Balaban J connectivity index is 2.39. The molecule has 1 aromatic carbocycles. The van der Waals surface area contributed by atoms with Crippen molar-refractivity contribution in [3.05, 3.63) is 29.6 Å². The molecule has 0 amide bonds. The molecule has 1 aromatic rings. The maximum absolute atomic E-state index is 13.7. The molecule has 1 unspecified atom stereocenters. The highest BCUT2D eigenvalue weighted by atomic mass is 19.1. The summed E-state index contributed by atoms with van der Waals surface area (Å²) in [7, 11) is -0.646. The van der Waals surface area contributed by atoms with Crippen molar-refractivity contribution in [2.75, 3.05) is 6.61 Å². The fourth-order valence-corrected chi connectivity index (χ4v) is 2.50. The molecule has 1 fully saturated rings. The van der Waals surface area contributed by atoms with Crippen LogP contribution in [0.3, 0.4) is 0 Å². The average Bonchev–Trinajstić information content (AvgIpc) is 2.66. The number of hydrogen-bond donors (Lipinski definition) is 0. The molecule has 126 valence electrons. The Morgan fingerprint density at radius 2 is 1.83 bits per heavy atom. The minimum Gasteiger partial charge on any atom is -0.466 e. The van der Waals surface area contributed by atoms with Crippen LogP contribution in [0.1, 0.15) is 53.0 Å². The summed E-state index contributed by atoms with van der Waals surface area (Å²) in [5, 5.41) is 0. The van der Waals surface area contributed by atoms with Gasteiger partial charge in [0.2, 0.25) is 0 Å². The number of carbonyl (C=O) groups is 1. The maximum atomic E-state index is 13.7. The molecule has 0 bridgehead atoms. The van der Waals surface area contributed by atoms with E-state index in [9.17, 15) is 9.18 Å². The molecule has 1 heterocycles. The number of esters is 1. The second-order valence-electron chi connectivity index (χ2n) is 6.84. The van der Waals surface area contributed by atoms with Crippen molar-refractivity contribution in [1.29, 1.82) is 0 Å². The predicted molar refractivity (Wildman–Crippen MR) is 87.2 cm³/mol. The van der Waals surface area contributed by atoms with E-state index >= 15 is 0 Å². The summed E-state index contributed by atoms with van der Waals surface area (Å²) < 4.78 is 30.8. The largest absolute Gasteiger partial charge is 0.495 e. The highest BCUT2D eigenvalue weighted by molar-refractivity contribution is 6.62. The molecule has 0 spiro atoms. The van der Waals surface area contributed by atoms with Crippen molar-refractivity contribution in [2.24, 2.45) is 0 Å². The first-order valence-corrected chi connectivity index (χ1v) is 7.90. The van der Waals surface area contributed by atoms with Gasteiger partial charge in [0.1, 0.15) is 5.82 Å². The van der Waals surface area contributed by atoms with Crippen molar-refractivity contribution in [1.82, 2.24) is 0 Å². The molecule has 0 N–H and O–H groups in total. The Labute approximate surface area is 137 Å². The number of rotatable bonds is 4. The zero-order valence-electron chi connectivity index (χ0n) is 14.6. The Morgan fingerprint density at radius 1 is 1.26 bits per heavy atom. The van der Waals surface area contributed by atoms with E-state index in [4.69, 9.17) is 14.0 Å². The summed E-state index contributed by atoms with van der Waals surface area (Å²) in [6.07, 6.45) is 0. The van der Waals surface area contributed by atoms with Gasteiger partial charge >= 0.3 is 13.1 Å². The van der Waals surface area contributed by atoms with Gasteiger partial charge in [-0.1, -0.05) is 6.07 Å². The predicted octanol–water partition coefficient (Wildman–Crippen LogP) is 2.79. The molecule has 1 aliphatic rings. The van der Waals surface area contributed by atoms with Crippen molar-refractivity contribution in [3.8, 4) is 0 Å². The van der Waals surface area contributed by atoms with Crippen LogP contribution in [0, 0.1) is 5.82 Å². The van der Waals surface area contributed by atoms with Gasteiger partial charge in [0, 0.05) is 0 Å². The lowest BCUT2D eigenvalue weighted by atomic mass is 9.73. The summed E-state index contributed by atoms with van der Waals surface area (Å²) in [5.74, 6) is -1.40. The van der Waals surface area contributed by atoms with Crippen LogP contribution >= 0.6 is 0 Å². The fourth-order valence-electron chi connectivity index (χ4n) is 2.50. The van der Waals surface area contributed by atoms with Crippen LogP contribution in [0.2, 0.25) is 0 Å². The van der Waals surface area contributed by atoms with E-state index in [1.165, 1.54) is 12.1 Å². The molecule has 4 nitrogen and oxygen atoms in total. The topological polar surface area (TPSA) is 44.8 Å². The quantitative estimate of drug-likeness (QED) is 0.632. The normalized spacial score (nSPS) is 20.4. The van der Waals surface area contributed by atoms with Crippen molar-refractivity contribution in [3.63, 3.8) is 0 Å². The SMILES string of the molecule is CCOC(=O)C(C)c1cc(F)ccc1B1OC(C)(C)C(C)(C)O1. The van der Waals surface area contributed by atoms with E-state index in [0.717, 1.165) is 0 Å². The monoisotopic (exact) mass is 322 g/mol. The highest BCUT2D eigenvalue weighted by Crippen LogP contribution is 2.37. The van der Waals surface area contributed by atoms with E-state index in [1.807, 2.05) is 27.7 Å². The summed E-state index contributed by atoms with van der Waals surface area (Å²) >= 11 is 0. The van der Waals surface area contributed by atoms with Crippen LogP contribution in [0.15, 0.2) is 18.2 Å².